The van der Waals surface area contributed by atoms with Gasteiger partial charge in [0.15, 0.2) is 11.5 Å². The summed E-state index contributed by atoms with van der Waals surface area (Å²) >= 11 is 1.20. The molecule has 7 nitrogen and oxygen atoms in total. The van der Waals surface area contributed by atoms with Gasteiger partial charge in [-0.25, -0.2) is 4.79 Å². The summed E-state index contributed by atoms with van der Waals surface area (Å²) in [5.41, 5.74) is 3.71. The van der Waals surface area contributed by atoms with Crippen LogP contribution in [0.1, 0.15) is 26.6 Å². The Morgan fingerprint density at radius 2 is 2.11 bits per heavy atom. The van der Waals surface area contributed by atoms with Crippen LogP contribution in [0.2, 0.25) is 0 Å². The average Bonchev–Trinajstić information content (AvgIpc) is 3.41. The Morgan fingerprint density at radius 3 is 2.96 bits per heavy atom. The summed E-state index contributed by atoms with van der Waals surface area (Å²) in [6.45, 7) is 0.733. The quantitative estimate of drug-likeness (QED) is 0.587. The van der Waals surface area contributed by atoms with Crippen LogP contribution in [0.15, 0.2) is 42.5 Å². The molecule has 1 N–H and O–H groups in total. The van der Waals surface area contributed by atoms with Crippen LogP contribution in [0.3, 0.4) is 0 Å². The van der Waals surface area contributed by atoms with Gasteiger partial charge in [0.1, 0.15) is 16.3 Å². The van der Waals surface area contributed by atoms with Gasteiger partial charge < -0.3 is 9.84 Å². The van der Waals surface area contributed by atoms with E-state index in [0.717, 1.165) is 35.0 Å². The molecule has 0 saturated carbocycles. The van der Waals surface area contributed by atoms with Crippen LogP contribution >= 0.6 is 11.3 Å². The molecule has 0 fully saturated rings. The lowest BCUT2D eigenvalue weighted by Gasteiger charge is -2.04. The van der Waals surface area contributed by atoms with Crippen molar-refractivity contribution < 1.29 is 14.6 Å². The number of aromatic carboxylic acids is 1. The van der Waals surface area contributed by atoms with Gasteiger partial charge in [-0.05, 0) is 41.5 Å². The maximum absolute atomic E-state index is 11.1. The van der Waals surface area contributed by atoms with Gasteiger partial charge in [-0.3, -0.25) is 0 Å². The summed E-state index contributed by atoms with van der Waals surface area (Å²) in [5, 5.41) is 22.2. The molecule has 3 aromatic heterocycles. The van der Waals surface area contributed by atoms with Gasteiger partial charge in [-0.1, -0.05) is 12.1 Å². The molecule has 8 heteroatoms. The predicted octanol–water partition coefficient (Wildman–Crippen LogP) is 3.08. The lowest BCUT2D eigenvalue weighted by atomic mass is 10.1. The molecule has 0 saturated heterocycles. The van der Waals surface area contributed by atoms with Crippen molar-refractivity contribution in [1.82, 2.24) is 19.8 Å². The van der Waals surface area contributed by atoms with Crippen molar-refractivity contribution in [1.29, 1.82) is 0 Å². The standard InChI is InChI=1S/C19H14N4O3S/c24-19(25)16-5-4-15(27-16)13-2-6-17-20-21-18(23(17)22-13)10-11-1-3-14-12(9-11)7-8-26-14/h1-6,9H,7-8,10H2,(H,24,25). The molecule has 4 heterocycles. The number of hydrogen-bond acceptors (Lipinski definition) is 6. The molecule has 0 radical (unpaired) electrons. The van der Waals surface area contributed by atoms with Crippen LogP contribution in [0, 0.1) is 0 Å². The van der Waals surface area contributed by atoms with E-state index in [4.69, 9.17) is 9.84 Å². The van der Waals surface area contributed by atoms with E-state index in [0.29, 0.717) is 17.8 Å². The predicted molar refractivity (Wildman–Crippen MR) is 99.5 cm³/mol. The second kappa shape index (κ2) is 6.17. The normalized spacial score (nSPS) is 12.9. The monoisotopic (exact) mass is 378 g/mol. The minimum absolute atomic E-state index is 0.288. The van der Waals surface area contributed by atoms with Crippen LogP contribution in [-0.2, 0) is 12.8 Å². The fraction of sp³-hybridized carbons (Fsp3) is 0.158. The molecular formula is C19H14N4O3S. The Labute approximate surface area is 157 Å². The van der Waals surface area contributed by atoms with Gasteiger partial charge in [0.2, 0.25) is 0 Å². The van der Waals surface area contributed by atoms with Crippen molar-refractivity contribution >= 4 is 23.0 Å². The maximum atomic E-state index is 11.1. The van der Waals surface area contributed by atoms with E-state index >= 15 is 0 Å². The SMILES string of the molecule is O=C(O)c1ccc(-c2ccc3nnc(Cc4ccc5c(c4)CCO5)n3n2)s1. The van der Waals surface area contributed by atoms with Gasteiger partial charge >= 0.3 is 5.97 Å². The number of aromatic nitrogens is 4. The van der Waals surface area contributed by atoms with Gasteiger partial charge in [0.25, 0.3) is 0 Å². The Kier molecular flexibility index (Phi) is 3.64. The zero-order chi connectivity index (χ0) is 18.4. The number of carbonyl (C=O) groups is 1. The minimum atomic E-state index is -0.932. The molecule has 0 amide bonds. The lowest BCUT2D eigenvalue weighted by Crippen LogP contribution is -2.01. The van der Waals surface area contributed by atoms with Crippen LogP contribution in [-0.4, -0.2) is 37.5 Å². The van der Waals surface area contributed by atoms with E-state index < -0.39 is 5.97 Å². The first-order valence-corrected chi connectivity index (χ1v) is 9.28. The van der Waals surface area contributed by atoms with E-state index in [-0.39, 0.29) is 4.88 Å². The molecule has 0 atom stereocenters. The molecular weight excluding hydrogens is 364 g/mol. The molecule has 0 spiro atoms. The molecule has 1 aliphatic rings. The fourth-order valence-electron chi connectivity index (χ4n) is 3.20. The Bertz CT molecular complexity index is 1180. The van der Waals surface area contributed by atoms with Crippen LogP contribution < -0.4 is 4.74 Å². The second-order valence-corrected chi connectivity index (χ2v) is 7.37. The highest BCUT2D eigenvalue weighted by Gasteiger charge is 2.15. The first-order chi connectivity index (χ1) is 13.2. The lowest BCUT2D eigenvalue weighted by molar-refractivity contribution is 0.0702. The third kappa shape index (κ3) is 2.83. The number of rotatable bonds is 4. The summed E-state index contributed by atoms with van der Waals surface area (Å²) in [6.07, 6.45) is 1.53. The van der Waals surface area contributed by atoms with Crippen molar-refractivity contribution in [2.75, 3.05) is 6.61 Å². The molecule has 27 heavy (non-hydrogen) atoms. The van der Waals surface area contributed by atoms with Crippen LogP contribution in [0.4, 0.5) is 0 Å². The number of benzene rings is 1. The smallest absolute Gasteiger partial charge is 0.345 e. The topological polar surface area (TPSA) is 89.6 Å². The number of carboxylic acid groups (broad SMARTS) is 1. The molecule has 0 aliphatic carbocycles. The largest absolute Gasteiger partial charge is 0.493 e. The molecule has 0 bridgehead atoms. The van der Waals surface area contributed by atoms with Gasteiger partial charge in [-0.2, -0.15) is 9.61 Å². The summed E-state index contributed by atoms with van der Waals surface area (Å²) in [5.74, 6) is 0.760. The highest BCUT2D eigenvalue weighted by atomic mass is 32.1. The Morgan fingerprint density at radius 1 is 1.19 bits per heavy atom. The molecule has 1 aliphatic heterocycles. The number of carboxylic acids is 1. The minimum Gasteiger partial charge on any atom is -0.493 e. The highest BCUT2D eigenvalue weighted by molar-refractivity contribution is 7.17. The molecule has 134 valence electrons. The number of nitrogens with zero attached hydrogens (tertiary/aromatic N) is 4. The van der Waals surface area contributed by atoms with Crippen molar-refractivity contribution in [2.24, 2.45) is 0 Å². The summed E-state index contributed by atoms with van der Waals surface area (Å²) in [4.78, 5) is 12.2. The number of thiophene rings is 1. The van der Waals surface area contributed by atoms with E-state index in [1.54, 1.807) is 16.6 Å². The summed E-state index contributed by atoms with van der Waals surface area (Å²) in [7, 11) is 0. The Hall–Kier alpha value is -3.26. The van der Waals surface area contributed by atoms with Crippen molar-refractivity contribution in [2.45, 2.75) is 12.8 Å². The molecule has 5 rings (SSSR count). The number of fused-ring (bicyclic) bond motifs is 2. The van der Waals surface area contributed by atoms with E-state index in [1.807, 2.05) is 24.3 Å². The molecule has 0 unspecified atom stereocenters. The fourth-order valence-corrected chi connectivity index (χ4v) is 4.01. The summed E-state index contributed by atoms with van der Waals surface area (Å²) < 4.78 is 7.28. The number of ether oxygens (including phenoxy) is 1. The van der Waals surface area contributed by atoms with Crippen molar-refractivity contribution in [3.05, 3.63) is 64.3 Å². The van der Waals surface area contributed by atoms with Crippen LogP contribution in [0.5, 0.6) is 5.75 Å². The summed E-state index contributed by atoms with van der Waals surface area (Å²) in [6, 6.07) is 13.2. The third-order valence-corrected chi connectivity index (χ3v) is 5.61. The molecule has 1 aromatic carbocycles. The van der Waals surface area contributed by atoms with Gasteiger partial charge in [0.05, 0.1) is 11.5 Å². The first kappa shape index (κ1) is 16.0. The van der Waals surface area contributed by atoms with Crippen molar-refractivity contribution in [3.8, 4) is 16.3 Å². The Balaban J connectivity index is 1.50. The number of hydrogen-bond donors (Lipinski definition) is 1. The zero-order valence-corrected chi connectivity index (χ0v) is 14.9. The van der Waals surface area contributed by atoms with Gasteiger partial charge in [0, 0.05) is 12.8 Å². The maximum Gasteiger partial charge on any atom is 0.345 e. The second-order valence-electron chi connectivity index (χ2n) is 6.29. The van der Waals surface area contributed by atoms with Gasteiger partial charge in [-0.15, -0.1) is 21.5 Å². The first-order valence-electron chi connectivity index (χ1n) is 8.47. The highest BCUT2D eigenvalue weighted by Crippen LogP contribution is 2.28. The van der Waals surface area contributed by atoms with E-state index in [9.17, 15) is 4.79 Å². The van der Waals surface area contributed by atoms with Crippen LogP contribution in [0.25, 0.3) is 16.2 Å². The third-order valence-electron chi connectivity index (χ3n) is 4.51. The average molecular weight is 378 g/mol. The van der Waals surface area contributed by atoms with Crippen molar-refractivity contribution in [3.63, 3.8) is 0 Å². The van der Waals surface area contributed by atoms with E-state index in [1.165, 1.54) is 16.9 Å². The molecule has 4 aromatic rings. The zero-order valence-electron chi connectivity index (χ0n) is 14.1. The van der Waals surface area contributed by atoms with E-state index in [2.05, 4.69) is 21.4 Å².